The molecule has 36 heavy (non-hydrogen) atoms. The first-order valence-electron chi connectivity index (χ1n) is 12.0. The van der Waals surface area contributed by atoms with E-state index < -0.39 is 46.4 Å². The Morgan fingerprint density at radius 3 is 1.78 bits per heavy atom. The van der Waals surface area contributed by atoms with Crippen molar-refractivity contribution in [2.45, 2.75) is 86.8 Å². The van der Waals surface area contributed by atoms with Crippen LogP contribution in [0, 0.1) is 16.7 Å². The van der Waals surface area contributed by atoms with Gasteiger partial charge in [0.1, 0.15) is 11.6 Å². The summed E-state index contributed by atoms with van der Waals surface area (Å²) < 4.78 is 21.4. The molecule has 0 aliphatic heterocycles. The molecule has 0 radical (unpaired) electrons. The third-order valence-electron chi connectivity index (χ3n) is 5.19. The van der Waals surface area contributed by atoms with Crippen LogP contribution in [0.1, 0.15) is 74.3 Å². The SMILES string of the molecule is COC(=O)C(N)(Cc1ccc(OC(=O)C(C)(C)C)c(OC(=O)C(C)(C)C)c1)C[C@H](C)OC(=O)C(C)C. The van der Waals surface area contributed by atoms with Crippen LogP contribution < -0.4 is 15.2 Å². The van der Waals surface area contributed by atoms with Crippen LogP contribution in [0.3, 0.4) is 0 Å². The molecule has 0 saturated heterocycles. The number of hydrogen-bond donors (Lipinski definition) is 1. The van der Waals surface area contributed by atoms with Gasteiger partial charge in [0.2, 0.25) is 0 Å². The largest absolute Gasteiger partial charge is 0.468 e. The van der Waals surface area contributed by atoms with Crippen LogP contribution >= 0.6 is 0 Å². The zero-order valence-corrected chi connectivity index (χ0v) is 23.1. The zero-order chi connectivity index (χ0) is 28.1. The van der Waals surface area contributed by atoms with Gasteiger partial charge in [-0.25, -0.2) is 0 Å². The molecular weight excluding hydrogens is 466 g/mol. The van der Waals surface area contributed by atoms with E-state index in [9.17, 15) is 19.2 Å². The maximum Gasteiger partial charge on any atom is 0.326 e. The summed E-state index contributed by atoms with van der Waals surface area (Å²) in [6, 6.07) is 4.61. The maximum absolute atomic E-state index is 12.7. The Labute approximate surface area is 214 Å². The summed E-state index contributed by atoms with van der Waals surface area (Å²) in [5.74, 6) is -2.38. The zero-order valence-electron chi connectivity index (χ0n) is 23.1. The van der Waals surface area contributed by atoms with Crippen molar-refractivity contribution in [3.05, 3.63) is 23.8 Å². The van der Waals surface area contributed by atoms with Crippen LogP contribution in [0.5, 0.6) is 11.5 Å². The van der Waals surface area contributed by atoms with Crippen molar-refractivity contribution in [2.75, 3.05) is 7.11 Å². The lowest BCUT2D eigenvalue weighted by atomic mass is 9.86. The van der Waals surface area contributed by atoms with Crippen LogP contribution in [-0.2, 0) is 35.1 Å². The average Bonchev–Trinajstić information content (AvgIpc) is 2.72. The molecule has 0 bridgehead atoms. The molecule has 1 aromatic rings. The highest BCUT2D eigenvalue weighted by atomic mass is 16.6. The molecule has 0 saturated carbocycles. The first-order valence-corrected chi connectivity index (χ1v) is 12.0. The Morgan fingerprint density at radius 1 is 0.833 bits per heavy atom. The first-order chi connectivity index (χ1) is 16.3. The minimum atomic E-state index is -1.54. The summed E-state index contributed by atoms with van der Waals surface area (Å²) in [7, 11) is 1.22. The van der Waals surface area contributed by atoms with Gasteiger partial charge in [-0.3, -0.25) is 19.2 Å². The molecule has 0 spiro atoms. The molecule has 0 aromatic heterocycles. The van der Waals surface area contributed by atoms with Gasteiger partial charge in [0, 0.05) is 12.8 Å². The van der Waals surface area contributed by atoms with Crippen molar-refractivity contribution in [3.63, 3.8) is 0 Å². The van der Waals surface area contributed by atoms with E-state index >= 15 is 0 Å². The molecule has 1 aromatic carbocycles. The second-order valence-corrected chi connectivity index (χ2v) is 11.5. The Bertz CT molecular complexity index is 971. The van der Waals surface area contributed by atoms with Gasteiger partial charge in [-0.15, -0.1) is 0 Å². The molecule has 1 unspecified atom stereocenters. The molecule has 0 aliphatic rings. The van der Waals surface area contributed by atoms with Gasteiger partial charge in [0.25, 0.3) is 0 Å². The quantitative estimate of drug-likeness (QED) is 0.389. The van der Waals surface area contributed by atoms with E-state index in [4.69, 9.17) is 24.7 Å². The van der Waals surface area contributed by atoms with Crippen LogP contribution in [0.25, 0.3) is 0 Å². The molecule has 0 aliphatic carbocycles. The highest BCUT2D eigenvalue weighted by Crippen LogP contribution is 2.34. The van der Waals surface area contributed by atoms with Gasteiger partial charge in [-0.05, 0) is 66.2 Å². The standard InChI is InChI=1S/C27H41NO8/c1-16(2)21(29)34-17(3)14-27(28,24(32)33-10)15-18-11-12-19(35-22(30)25(4,5)6)20(13-18)36-23(31)26(7,8)9/h11-13,16-17H,14-15,28H2,1-10H3/t17-,27?/m0/s1. The lowest BCUT2D eigenvalue weighted by Crippen LogP contribution is -2.53. The second-order valence-electron chi connectivity index (χ2n) is 11.5. The summed E-state index contributed by atoms with van der Waals surface area (Å²) in [5, 5.41) is 0. The molecule has 0 heterocycles. The molecule has 1 rings (SSSR count). The van der Waals surface area contributed by atoms with E-state index in [1.165, 1.54) is 19.2 Å². The number of esters is 4. The smallest absolute Gasteiger partial charge is 0.326 e. The fourth-order valence-corrected chi connectivity index (χ4v) is 3.02. The Morgan fingerprint density at radius 2 is 1.33 bits per heavy atom. The summed E-state index contributed by atoms with van der Waals surface area (Å²) in [6.07, 6.45) is -0.679. The molecular formula is C27H41NO8. The van der Waals surface area contributed by atoms with E-state index in [-0.39, 0.29) is 30.3 Å². The van der Waals surface area contributed by atoms with Crippen molar-refractivity contribution < 1.29 is 38.1 Å². The van der Waals surface area contributed by atoms with Gasteiger partial charge in [0.15, 0.2) is 11.5 Å². The van der Waals surface area contributed by atoms with Gasteiger partial charge in [-0.2, -0.15) is 0 Å². The third kappa shape index (κ3) is 8.93. The number of benzene rings is 1. The number of methoxy groups -OCH3 is 1. The van der Waals surface area contributed by atoms with Gasteiger partial charge < -0.3 is 24.7 Å². The summed E-state index contributed by atoms with van der Waals surface area (Å²) >= 11 is 0. The average molecular weight is 508 g/mol. The number of ether oxygens (including phenoxy) is 4. The van der Waals surface area contributed by atoms with E-state index in [2.05, 4.69) is 0 Å². The van der Waals surface area contributed by atoms with Crippen LogP contribution in [0.2, 0.25) is 0 Å². The van der Waals surface area contributed by atoms with Crippen molar-refractivity contribution in [3.8, 4) is 11.5 Å². The number of nitrogens with two attached hydrogens (primary N) is 1. The van der Waals surface area contributed by atoms with Gasteiger partial charge in [-0.1, -0.05) is 19.9 Å². The second kappa shape index (κ2) is 11.9. The van der Waals surface area contributed by atoms with E-state index in [1.807, 2.05) is 0 Å². The Hall–Kier alpha value is -2.94. The number of hydrogen-bond acceptors (Lipinski definition) is 9. The summed E-state index contributed by atoms with van der Waals surface area (Å²) in [5.41, 5.74) is 3.85. The number of carbonyl (C=O) groups excluding carboxylic acids is 4. The van der Waals surface area contributed by atoms with Crippen molar-refractivity contribution >= 4 is 23.9 Å². The maximum atomic E-state index is 12.7. The molecule has 9 nitrogen and oxygen atoms in total. The minimum absolute atomic E-state index is 0.00396. The van der Waals surface area contributed by atoms with Crippen LogP contribution in [-0.4, -0.2) is 42.6 Å². The summed E-state index contributed by atoms with van der Waals surface area (Å²) in [4.78, 5) is 49.8. The molecule has 0 amide bonds. The monoisotopic (exact) mass is 507 g/mol. The lowest BCUT2D eigenvalue weighted by molar-refractivity contribution is -0.157. The Balaban J connectivity index is 3.37. The first kappa shape index (κ1) is 31.1. The van der Waals surface area contributed by atoms with Gasteiger partial charge >= 0.3 is 23.9 Å². The number of carbonyl (C=O) groups is 4. The predicted molar refractivity (Wildman–Crippen MR) is 134 cm³/mol. The van der Waals surface area contributed by atoms with Crippen LogP contribution in [0.4, 0.5) is 0 Å². The predicted octanol–water partition coefficient (Wildman–Crippen LogP) is 3.98. The highest BCUT2D eigenvalue weighted by molar-refractivity contribution is 5.82. The molecule has 9 heteroatoms. The molecule has 2 atom stereocenters. The summed E-state index contributed by atoms with van der Waals surface area (Å²) in [6.45, 7) is 15.3. The minimum Gasteiger partial charge on any atom is -0.468 e. The molecule has 202 valence electrons. The lowest BCUT2D eigenvalue weighted by Gasteiger charge is -2.30. The fourth-order valence-electron chi connectivity index (χ4n) is 3.02. The van der Waals surface area contributed by atoms with E-state index in [0.717, 1.165) is 0 Å². The number of rotatable bonds is 9. The normalized spacial score (nSPS) is 14.4. The third-order valence-corrected chi connectivity index (χ3v) is 5.19. The highest BCUT2D eigenvalue weighted by Gasteiger charge is 2.39. The van der Waals surface area contributed by atoms with Gasteiger partial charge in [0.05, 0.1) is 23.9 Å². The van der Waals surface area contributed by atoms with Crippen molar-refractivity contribution in [2.24, 2.45) is 22.5 Å². The Kier molecular flexibility index (Phi) is 10.2. The molecule has 2 N–H and O–H groups in total. The fraction of sp³-hybridized carbons (Fsp3) is 0.630. The molecule has 0 fully saturated rings. The van der Waals surface area contributed by atoms with Crippen LogP contribution in [0.15, 0.2) is 18.2 Å². The van der Waals surface area contributed by atoms with Crippen molar-refractivity contribution in [1.82, 2.24) is 0 Å². The topological polar surface area (TPSA) is 131 Å². The van der Waals surface area contributed by atoms with E-state index in [1.54, 1.807) is 68.4 Å². The van der Waals surface area contributed by atoms with Crippen molar-refractivity contribution in [1.29, 1.82) is 0 Å². The van der Waals surface area contributed by atoms with E-state index in [0.29, 0.717) is 5.56 Å².